The number of thiol groups is 1. The summed E-state index contributed by atoms with van der Waals surface area (Å²) in [7, 11) is 3.36. The predicted octanol–water partition coefficient (Wildman–Crippen LogP) is 5.36. The lowest BCUT2D eigenvalue weighted by Gasteiger charge is -2.18. The minimum absolute atomic E-state index is 0.0148. The van der Waals surface area contributed by atoms with Crippen LogP contribution >= 0.6 is 12.6 Å². The number of phenols is 1. The minimum atomic E-state index is -0.236. The van der Waals surface area contributed by atoms with Crippen LogP contribution in [-0.4, -0.2) is 30.0 Å². The second kappa shape index (κ2) is 6.63. The molecule has 1 N–H and O–H groups in total. The van der Waals surface area contributed by atoms with Crippen LogP contribution in [0.4, 0.5) is 0 Å². The summed E-state index contributed by atoms with van der Waals surface area (Å²) < 4.78 is 0. The summed E-state index contributed by atoms with van der Waals surface area (Å²) in [6.45, 7) is 0. The van der Waals surface area contributed by atoms with Gasteiger partial charge in [-0.2, -0.15) is 0 Å². The first-order valence-corrected chi connectivity index (χ1v) is 9.11. The van der Waals surface area contributed by atoms with E-state index in [1.54, 1.807) is 20.2 Å². The summed E-state index contributed by atoms with van der Waals surface area (Å²) in [4.78, 5) is 14.9. The van der Waals surface area contributed by atoms with Crippen LogP contribution in [-0.2, 0) is 0 Å². The van der Waals surface area contributed by atoms with Crippen LogP contribution in [0.3, 0.4) is 0 Å². The van der Waals surface area contributed by atoms with Crippen LogP contribution in [0.25, 0.3) is 32.7 Å². The van der Waals surface area contributed by atoms with Gasteiger partial charge in [-0.25, -0.2) is 0 Å². The van der Waals surface area contributed by atoms with Crippen LogP contribution in [0, 0.1) is 0 Å². The monoisotopic (exact) mass is 373 g/mol. The molecular weight excluding hydrogens is 354 g/mol. The molecule has 0 saturated heterocycles. The van der Waals surface area contributed by atoms with Crippen molar-refractivity contribution in [1.82, 2.24) is 4.90 Å². The number of amides is 1. The van der Waals surface area contributed by atoms with E-state index in [-0.39, 0.29) is 17.2 Å². The van der Waals surface area contributed by atoms with E-state index in [9.17, 15) is 9.90 Å². The number of carbonyl (C=O) groups is 1. The highest BCUT2D eigenvalue weighted by Gasteiger charge is 2.22. The lowest BCUT2D eigenvalue weighted by atomic mass is 9.90. The Morgan fingerprint density at radius 2 is 1.44 bits per heavy atom. The average molecular weight is 373 g/mol. The van der Waals surface area contributed by atoms with Crippen molar-refractivity contribution < 1.29 is 9.90 Å². The van der Waals surface area contributed by atoms with E-state index in [0.29, 0.717) is 5.56 Å². The summed E-state index contributed by atoms with van der Waals surface area (Å²) in [5.74, 6) is -0.250. The molecule has 4 heteroatoms. The molecular formula is C23H19NO2S. The maximum atomic E-state index is 12.7. The molecule has 3 nitrogen and oxygen atoms in total. The molecule has 0 aliphatic heterocycles. The molecule has 0 fully saturated rings. The summed E-state index contributed by atoms with van der Waals surface area (Å²) >= 11 is 4.68. The van der Waals surface area contributed by atoms with Crippen molar-refractivity contribution >= 4 is 40.1 Å². The van der Waals surface area contributed by atoms with Gasteiger partial charge in [0.05, 0.1) is 5.56 Å². The van der Waals surface area contributed by atoms with Crippen LogP contribution in [0.2, 0.25) is 0 Å². The van der Waals surface area contributed by atoms with E-state index in [2.05, 4.69) is 12.6 Å². The molecule has 0 unspecified atom stereocenters. The fourth-order valence-corrected chi connectivity index (χ4v) is 3.82. The highest BCUT2D eigenvalue weighted by molar-refractivity contribution is 7.80. The lowest BCUT2D eigenvalue weighted by molar-refractivity contribution is 0.0825. The van der Waals surface area contributed by atoms with Crippen LogP contribution in [0.1, 0.15) is 10.4 Å². The smallest absolute Gasteiger partial charge is 0.257 e. The number of carbonyl (C=O) groups excluding carboxylic acids is 1. The van der Waals surface area contributed by atoms with Crippen LogP contribution in [0.15, 0.2) is 71.6 Å². The lowest BCUT2D eigenvalue weighted by Crippen LogP contribution is -2.21. The highest BCUT2D eigenvalue weighted by atomic mass is 32.1. The van der Waals surface area contributed by atoms with Gasteiger partial charge < -0.3 is 10.0 Å². The van der Waals surface area contributed by atoms with Crippen LogP contribution < -0.4 is 0 Å². The average Bonchev–Trinajstić information content (AvgIpc) is 2.68. The number of benzene rings is 4. The third kappa shape index (κ3) is 2.82. The Bertz CT molecular complexity index is 1200. The molecule has 4 rings (SSSR count). The molecule has 1 amide bonds. The molecule has 4 aromatic carbocycles. The van der Waals surface area contributed by atoms with Crippen LogP contribution in [0.5, 0.6) is 5.75 Å². The van der Waals surface area contributed by atoms with E-state index in [1.807, 2.05) is 60.7 Å². The van der Waals surface area contributed by atoms with E-state index in [4.69, 9.17) is 0 Å². The molecule has 134 valence electrons. The molecule has 0 bridgehead atoms. The molecule has 27 heavy (non-hydrogen) atoms. The van der Waals surface area contributed by atoms with E-state index >= 15 is 0 Å². The molecule has 0 aromatic heterocycles. The number of hydrogen-bond acceptors (Lipinski definition) is 3. The van der Waals surface area contributed by atoms with Crippen molar-refractivity contribution in [3.63, 3.8) is 0 Å². The van der Waals surface area contributed by atoms with E-state index < -0.39 is 0 Å². The first kappa shape index (κ1) is 17.4. The van der Waals surface area contributed by atoms with Gasteiger partial charge in [0.25, 0.3) is 5.91 Å². The maximum Gasteiger partial charge on any atom is 0.257 e. The predicted molar refractivity (Wildman–Crippen MR) is 114 cm³/mol. The van der Waals surface area contributed by atoms with Gasteiger partial charge in [0.2, 0.25) is 0 Å². The zero-order valence-electron chi connectivity index (χ0n) is 15.1. The Morgan fingerprint density at radius 1 is 0.852 bits per heavy atom. The molecule has 0 spiro atoms. The highest BCUT2D eigenvalue weighted by Crippen LogP contribution is 2.44. The SMILES string of the molecule is CN(C)C(=O)c1cc2ccccc2c(-c2c(S)ccc3ccccc23)c1O. The number of phenolic OH excluding ortho intramolecular Hbond substituents is 1. The van der Waals surface area contributed by atoms with Crippen molar-refractivity contribution in [2.45, 2.75) is 4.90 Å². The van der Waals surface area contributed by atoms with Gasteiger partial charge in [-0.15, -0.1) is 12.6 Å². The minimum Gasteiger partial charge on any atom is -0.506 e. The standard InChI is InChI=1S/C23H19NO2S/c1-24(2)23(26)18-13-15-8-4-6-10-17(15)21(22(18)25)20-16-9-5-3-7-14(16)11-12-19(20)27/h3-13,25,27H,1-2H3. The van der Waals surface area contributed by atoms with Crippen molar-refractivity contribution in [2.75, 3.05) is 14.1 Å². The Hall–Kier alpha value is -2.98. The molecule has 0 atom stereocenters. The quantitative estimate of drug-likeness (QED) is 0.465. The number of nitrogens with zero attached hydrogens (tertiary/aromatic N) is 1. The number of aromatic hydroxyl groups is 1. The molecule has 0 aliphatic rings. The Morgan fingerprint density at radius 3 is 2.11 bits per heavy atom. The largest absolute Gasteiger partial charge is 0.506 e. The van der Waals surface area contributed by atoms with E-state index in [1.165, 1.54) is 4.90 Å². The number of fused-ring (bicyclic) bond motifs is 2. The zero-order valence-corrected chi connectivity index (χ0v) is 16.0. The Balaban J connectivity index is 2.19. The van der Waals surface area contributed by atoms with Gasteiger partial charge >= 0.3 is 0 Å². The van der Waals surface area contributed by atoms with Gasteiger partial charge in [0.1, 0.15) is 5.75 Å². The van der Waals surface area contributed by atoms with Gasteiger partial charge in [-0.05, 0) is 33.7 Å². The van der Waals surface area contributed by atoms with Crippen molar-refractivity contribution in [1.29, 1.82) is 0 Å². The first-order valence-electron chi connectivity index (χ1n) is 8.66. The summed E-state index contributed by atoms with van der Waals surface area (Å²) in [5.41, 5.74) is 1.76. The van der Waals surface area contributed by atoms with Crippen molar-refractivity contribution in [2.24, 2.45) is 0 Å². The summed E-state index contributed by atoms with van der Waals surface area (Å²) in [5, 5.41) is 15.0. The molecule has 0 saturated carbocycles. The summed E-state index contributed by atoms with van der Waals surface area (Å²) in [6, 6.07) is 21.4. The Labute approximate surface area is 163 Å². The van der Waals surface area contributed by atoms with Gasteiger partial charge in [0, 0.05) is 30.1 Å². The third-order valence-electron chi connectivity index (χ3n) is 4.82. The van der Waals surface area contributed by atoms with Crippen molar-refractivity contribution in [3.05, 3.63) is 72.3 Å². The van der Waals surface area contributed by atoms with Crippen molar-refractivity contribution in [3.8, 4) is 16.9 Å². The molecule has 4 aromatic rings. The second-order valence-corrected chi connectivity index (χ2v) is 7.23. The number of rotatable bonds is 2. The van der Waals surface area contributed by atoms with Gasteiger partial charge in [0.15, 0.2) is 0 Å². The van der Waals surface area contributed by atoms with E-state index in [0.717, 1.165) is 32.0 Å². The second-order valence-electron chi connectivity index (χ2n) is 6.75. The molecule has 0 heterocycles. The Kier molecular flexibility index (Phi) is 4.28. The molecule has 0 aliphatic carbocycles. The zero-order chi connectivity index (χ0) is 19.1. The van der Waals surface area contributed by atoms with Gasteiger partial charge in [-0.3, -0.25) is 4.79 Å². The topological polar surface area (TPSA) is 40.5 Å². The number of hydrogen-bond donors (Lipinski definition) is 2. The third-order valence-corrected chi connectivity index (χ3v) is 5.19. The fraction of sp³-hybridized carbons (Fsp3) is 0.0870. The summed E-state index contributed by atoms with van der Waals surface area (Å²) in [6.07, 6.45) is 0. The fourth-order valence-electron chi connectivity index (χ4n) is 3.52. The maximum absolute atomic E-state index is 12.7. The first-order chi connectivity index (χ1) is 13.0. The normalized spacial score (nSPS) is 11.1. The molecule has 0 radical (unpaired) electrons. The van der Waals surface area contributed by atoms with Gasteiger partial charge in [-0.1, -0.05) is 54.6 Å².